The van der Waals surface area contributed by atoms with Gasteiger partial charge in [-0.05, 0) is 57.7 Å². The van der Waals surface area contributed by atoms with Crippen LogP contribution in [0.15, 0.2) is 6.07 Å². The van der Waals surface area contributed by atoms with Crippen LogP contribution in [0, 0.1) is 0 Å². The molecule has 1 N–H and O–H groups in total. The Balaban J connectivity index is 1.58. The highest BCUT2D eigenvalue weighted by Crippen LogP contribution is 2.37. The van der Waals surface area contributed by atoms with Gasteiger partial charge in [0.15, 0.2) is 0 Å². The van der Waals surface area contributed by atoms with Gasteiger partial charge in [-0.3, -0.25) is 4.90 Å². The molecule has 2 unspecified atom stereocenters. The van der Waals surface area contributed by atoms with Gasteiger partial charge in [-0.1, -0.05) is 11.6 Å². The Morgan fingerprint density at radius 3 is 3.00 bits per heavy atom. The Kier molecular flexibility index (Phi) is 4.18. The third kappa shape index (κ3) is 3.15. The Labute approximate surface area is 125 Å². The summed E-state index contributed by atoms with van der Waals surface area (Å²) in [5.74, 6) is 0. The molecule has 19 heavy (non-hydrogen) atoms. The van der Waals surface area contributed by atoms with E-state index in [0.717, 1.165) is 16.9 Å². The molecular formula is C15H23ClN2S. The van der Waals surface area contributed by atoms with Crippen molar-refractivity contribution in [2.75, 3.05) is 13.6 Å². The normalized spacial score (nSPS) is 24.5. The molecule has 2 aliphatic rings. The quantitative estimate of drug-likeness (QED) is 0.888. The number of fused-ring (bicyclic) bond motifs is 1. The highest BCUT2D eigenvalue weighted by atomic mass is 35.5. The summed E-state index contributed by atoms with van der Waals surface area (Å²) < 4.78 is 0.946. The maximum Gasteiger partial charge on any atom is 0.0934 e. The molecule has 0 amide bonds. The minimum Gasteiger partial charge on any atom is -0.308 e. The Morgan fingerprint density at radius 2 is 2.26 bits per heavy atom. The smallest absolute Gasteiger partial charge is 0.0934 e. The Hall–Kier alpha value is -0.0900. The van der Waals surface area contributed by atoms with Gasteiger partial charge in [0.2, 0.25) is 0 Å². The van der Waals surface area contributed by atoms with E-state index in [9.17, 15) is 0 Å². The van der Waals surface area contributed by atoms with Gasteiger partial charge in [-0.2, -0.15) is 0 Å². The molecule has 1 fully saturated rings. The zero-order chi connectivity index (χ0) is 13.4. The molecular weight excluding hydrogens is 276 g/mol. The lowest BCUT2D eigenvalue weighted by molar-refractivity contribution is 0.233. The van der Waals surface area contributed by atoms with Crippen LogP contribution in [0.25, 0.3) is 0 Å². The lowest BCUT2D eigenvalue weighted by atomic mass is 9.94. The van der Waals surface area contributed by atoms with E-state index in [1.54, 1.807) is 11.3 Å². The van der Waals surface area contributed by atoms with Gasteiger partial charge in [-0.15, -0.1) is 11.3 Å². The summed E-state index contributed by atoms with van der Waals surface area (Å²) in [6.45, 7) is 3.40. The monoisotopic (exact) mass is 298 g/mol. The molecule has 2 nitrogen and oxygen atoms in total. The molecule has 0 radical (unpaired) electrons. The summed E-state index contributed by atoms with van der Waals surface area (Å²) in [5.41, 5.74) is 1.46. The van der Waals surface area contributed by atoms with E-state index in [1.165, 1.54) is 42.5 Å². The second-order valence-electron chi connectivity index (χ2n) is 6.03. The third-order valence-corrected chi connectivity index (χ3v) is 5.90. The number of halogens is 1. The average Bonchev–Trinajstić information content (AvgIpc) is 3.16. The minimum absolute atomic E-state index is 0.516. The molecule has 3 rings (SSSR count). The van der Waals surface area contributed by atoms with Crippen LogP contribution in [0.5, 0.6) is 0 Å². The van der Waals surface area contributed by atoms with E-state index < -0.39 is 0 Å². The third-order valence-electron chi connectivity index (χ3n) is 4.56. The van der Waals surface area contributed by atoms with Crippen molar-refractivity contribution < 1.29 is 0 Å². The highest BCUT2D eigenvalue weighted by molar-refractivity contribution is 7.16. The highest BCUT2D eigenvalue weighted by Gasteiger charge is 2.29. The van der Waals surface area contributed by atoms with Crippen molar-refractivity contribution in [3.05, 3.63) is 20.8 Å². The van der Waals surface area contributed by atoms with Gasteiger partial charge in [0.1, 0.15) is 0 Å². The van der Waals surface area contributed by atoms with Crippen LogP contribution in [-0.2, 0) is 6.42 Å². The van der Waals surface area contributed by atoms with E-state index in [4.69, 9.17) is 11.6 Å². The van der Waals surface area contributed by atoms with Gasteiger partial charge in [0.05, 0.1) is 4.34 Å². The number of hydrogen-bond donors (Lipinski definition) is 1. The van der Waals surface area contributed by atoms with E-state index in [-0.39, 0.29) is 0 Å². The molecule has 1 saturated carbocycles. The largest absolute Gasteiger partial charge is 0.308 e. The molecule has 2 atom stereocenters. The second kappa shape index (κ2) is 5.72. The topological polar surface area (TPSA) is 15.3 Å². The summed E-state index contributed by atoms with van der Waals surface area (Å²) in [5, 5.41) is 3.76. The van der Waals surface area contributed by atoms with Crippen LogP contribution in [0.4, 0.5) is 0 Å². The zero-order valence-electron chi connectivity index (χ0n) is 11.8. The maximum atomic E-state index is 6.16. The van der Waals surface area contributed by atoms with Crippen LogP contribution in [0.1, 0.15) is 49.1 Å². The van der Waals surface area contributed by atoms with E-state index in [1.807, 2.05) is 0 Å². The number of thiophene rings is 1. The van der Waals surface area contributed by atoms with Crippen LogP contribution in [0.2, 0.25) is 4.34 Å². The maximum absolute atomic E-state index is 6.16. The number of nitrogens with one attached hydrogen (secondary N) is 1. The number of aryl methyl sites for hydroxylation is 1. The molecule has 4 heteroatoms. The minimum atomic E-state index is 0.516. The fraction of sp³-hybridized carbons (Fsp3) is 0.733. The molecule has 0 spiro atoms. The number of likely N-dealkylation sites (N-methyl/N-ethyl adjacent to an activating group) is 1. The first-order valence-electron chi connectivity index (χ1n) is 7.38. The molecule has 1 aromatic rings. The first-order chi connectivity index (χ1) is 9.15. The molecule has 0 aliphatic heterocycles. The van der Waals surface area contributed by atoms with Crippen molar-refractivity contribution in [1.29, 1.82) is 0 Å². The lowest BCUT2D eigenvalue weighted by Crippen LogP contribution is -2.40. The molecule has 1 aromatic heterocycles. The number of rotatable bonds is 5. The lowest BCUT2D eigenvalue weighted by Gasteiger charge is -2.29. The second-order valence-corrected chi connectivity index (χ2v) is 7.80. The Morgan fingerprint density at radius 1 is 1.47 bits per heavy atom. The first kappa shape index (κ1) is 13.9. The molecule has 0 aromatic carbocycles. The summed E-state index contributed by atoms with van der Waals surface area (Å²) >= 11 is 7.93. The molecule has 106 valence electrons. The van der Waals surface area contributed by atoms with Crippen molar-refractivity contribution in [2.45, 2.75) is 57.2 Å². The van der Waals surface area contributed by atoms with Crippen molar-refractivity contribution in [2.24, 2.45) is 0 Å². The molecule has 0 bridgehead atoms. The van der Waals surface area contributed by atoms with Gasteiger partial charge in [-0.25, -0.2) is 0 Å². The Bertz CT molecular complexity index is 441. The van der Waals surface area contributed by atoms with Gasteiger partial charge in [0.25, 0.3) is 0 Å². The molecule has 2 aliphatic carbocycles. The van der Waals surface area contributed by atoms with E-state index >= 15 is 0 Å². The van der Waals surface area contributed by atoms with Gasteiger partial charge < -0.3 is 5.32 Å². The van der Waals surface area contributed by atoms with Crippen molar-refractivity contribution in [1.82, 2.24) is 10.2 Å². The van der Waals surface area contributed by atoms with Gasteiger partial charge in [0, 0.05) is 29.5 Å². The van der Waals surface area contributed by atoms with Crippen LogP contribution >= 0.6 is 22.9 Å². The van der Waals surface area contributed by atoms with E-state index in [0.29, 0.717) is 12.1 Å². The molecule has 0 saturated heterocycles. The standard InChI is InChI=1S/C15H23ClN2S/c1-10(18(2)11-6-7-11)9-17-13-4-3-5-14-12(13)8-15(16)19-14/h8,10-11,13,17H,3-7,9H2,1-2H3. The predicted molar refractivity (Wildman–Crippen MR) is 83.3 cm³/mol. The van der Waals surface area contributed by atoms with E-state index in [2.05, 4.69) is 30.3 Å². The van der Waals surface area contributed by atoms with Crippen LogP contribution in [0.3, 0.4) is 0 Å². The fourth-order valence-corrected chi connectivity index (χ4v) is 4.42. The number of nitrogens with zero attached hydrogens (tertiary/aromatic N) is 1. The van der Waals surface area contributed by atoms with Crippen LogP contribution < -0.4 is 5.32 Å². The van der Waals surface area contributed by atoms with Gasteiger partial charge >= 0.3 is 0 Å². The summed E-state index contributed by atoms with van der Waals surface area (Å²) in [7, 11) is 2.26. The van der Waals surface area contributed by atoms with Crippen molar-refractivity contribution >= 4 is 22.9 Å². The first-order valence-corrected chi connectivity index (χ1v) is 8.58. The van der Waals surface area contributed by atoms with Crippen molar-refractivity contribution in [3.63, 3.8) is 0 Å². The summed E-state index contributed by atoms with van der Waals surface area (Å²) in [6.07, 6.45) is 6.51. The summed E-state index contributed by atoms with van der Waals surface area (Å²) in [6, 6.07) is 4.15. The molecule has 1 heterocycles. The number of hydrogen-bond acceptors (Lipinski definition) is 3. The van der Waals surface area contributed by atoms with Crippen LogP contribution in [-0.4, -0.2) is 30.6 Å². The average molecular weight is 299 g/mol. The zero-order valence-corrected chi connectivity index (χ0v) is 13.4. The fourth-order valence-electron chi connectivity index (χ4n) is 3.03. The predicted octanol–water partition coefficient (Wildman–Crippen LogP) is 3.85. The van der Waals surface area contributed by atoms with Crippen molar-refractivity contribution in [3.8, 4) is 0 Å². The SMILES string of the molecule is CC(CNC1CCCc2sc(Cl)cc21)N(C)C1CC1. The summed E-state index contributed by atoms with van der Waals surface area (Å²) in [4.78, 5) is 4.02.